The molecule has 1 aromatic rings. The highest BCUT2D eigenvalue weighted by Crippen LogP contribution is 2.34. The fourth-order valence-corrected chi connectivity index (χ4v) is 1.70. The van der Waals surface area contributed by atoms with Crippen LogP contribution < -0.4 is 20.9 Å². The minimum absolute atomic E-state index is 0.171. The van der Waals surface area contributed by atoms with Crippen molar-refractivity contribution < 1.29 is 19.4 Å². The number of carboxylic acids is 1. The Labute approximate surface area is 98.1 Å². The predicted molar refractivity (Wildman–Crippen MR) is 59.7 cm³/mol. The van der Waals surface area contributed by atoms with Gasteiger partial charge in [-0.3, -0.25) is 4.79 Å². The molecule has 6 nitrogen and oxygen atoms in total. The number of fused-ring (bicyclic) bond motifs is 1. The molecule has 92 valence electrons. The number of nitrogens with two attached hydrogens (primary N) is 2. The van der Waals surface area contributed by atoms with Crippen LogP contribution in [0.4, 0.5) is 0 Å². The summed E-state index contributed by atoms with van der Waals surface area (Å²) in [4.78, 5) is 10.6. The summed E-state index contributed by atoms with van der Waals surface area (Å²) >= 11 is 0. The number of rotatable bonds is 4. The summed E-state index contributed by atoms with van der Waals surface area (Å²) < 4.78 is 10.4. The molecule has 2 rings (SSSR count). The zero-order valence-electron chi connectivity index (χ0n) is 9.13. The summed E-state index contributed by atoms with van der Waals surface area (Å²) in [5.74, 6) is 0.307. The molecule has 2 unspecified atom stereocenters. The normalized spacial score (nSPS) is 16.6. The van der Waals surface area contributed by atoms with E-state index in [0.717, 1.165) is 5.56 Å². The molecule has 1 heterocycles. The maximum atomic E-state index is 10.6. The Hall–Kier alpha value is -1.79. The van der Waals surface area contributed by atoms with E-state index in [1.54, 1.807) is 18.2 Å². The van der Waals surface area contributed by atoms with E-state index >= 15 is 0 Å². The maximum absolute atomic E-state index is 10.6. The van der Waals surface area contributed by atoms with E-state index in [1.807, 2.05) is 0 Å². The topological polar surface area (TPSA) is 108 Å². The van der Waals surface area contributed by atoms with Gasteiger partial charge in [-0.25, -0.2) is 0 Å². The van der Waals surface area contributed by atoms with Gasteiger partial charge in [-0.15, -0.1) is 0 Å². The van der Waals surface area contributed by atoms with E-state index in [1.165, 1.54) is 0 Å². The number of benzene rings is 1. The molecule has 0 aliphatic carbocycles. The third-order valence-corrected chi connectivity index (χ3v) is 2.65. The van der Waals surface area contributed by atoms with Gasteiger partial charge in [0.25, 0.3) is 0 Å². The van der Waals surface area contributed by atoms with Gasteiger partial charge in [-0.1, -0.05) is 6.07 Å². The van der Waals surface area contributed by atoms with Crippen LogP contribution in [0.5, 0.6) is 11.5 Å². The Kier molecular flexibility index (Phi) is 3.16. The second kappa shape index (κ2) is 4.60. The van der Waals surface area contributed by atoms with E-state index < -0.39 is 18.1 Å². The molecule has 0 amide bonds. The minimum atomic E-state index is -0.964. The molecular formula is C11H14N2O4. The second-order valence-corrected chi connectivity index (χ2v) is 3.90. The summed E-state index contributed by atoms with van der Waals surface area (Å²) in [5, 5.41) is 8.65. The van der Waals surface area contributed by atoms with Crippen LogP contribution >= 0.6 is 0 Å². The average molecular weight is 238 g/mol. The van der Waals surface area contributed by atoms with Crippen LogP contribution in [0.25, 0.3) is 0 Å². The van der Waals surface area contributed by atoms with Crippen molar-refractivity contribution in [3.05, 3.63) is 23.8 Å². The van der Waals surface area contributed by atoms with Gasteiger partial charge in [0.2, 0.25) is 6.79 Å². The van der Waals surface area contributed by atoms with Crippen LogP contribution in [0.1, 0.15) is 18.0 Å². The van der Waals surface area contributed by atoms with Crippen molar-refractivity contribution >= 4 is 5.97 Å². The quantitative estimate of drug-likeness (QED) is 0.692. The fourth-order valence-electron chi connectivity index (χ4n) is 1.70. The van der Waals surface area contributed by atoms with Crippen LogP contribution in [-0.2, 0) is 4.79 Å². The Morgan fingerprint density at radius 3 is 2.76 bits per heavy atom. The Morgan fingerprint density at radius 1 is 1.35 bits per heavy atom. The summed E-state index contributed by atoms with van der Waals surface area (Å²) in [6, 6.07) is 4.06. The van der Waals surface area contributed by atoms with Gasteiger partial charge in [-0.05, 0) is 17.7 Å². The first-order valence-corrected chi connectivity index (χ1v) is 5.20. The lowest BCUT2D eigenvalue weighted by Gasteiger charge is -2.18. The van der Waals surface area contributed by atoms with Gasteiger partial charge < -0.3 is 26.0 Å². The molecule has 1 aliphatic heterocycles. The number of carboxylic acid groups (broad SMARTS) is 1. The highest BCUT2D eigenvalue weighted by molar-refractivity contribution is 5.67. The molecule has 5 N–H and O–H groups in total. The lowest BCUT2D eigenvalue weighted by atomic mass is 9.98. The van der Waals surface area contributed by atoms with Gasteiger partial charge >= 0.3 is 5.97 Å². The number of hydrogen-bond donors (Lipinski definition) is 3. The largest absolute Gasteiger partial charge is 0.481 e. The molecule has 0 saturated carbocycles. The fraction of sp³-hybridized carbons (Fsp3) is 0.364. The molecule has 2 atom stereocenters. The Balaban J connectivity index is 2.14. The summed E-state index contributed by atoms with van der Waals surface area (Å²) in [5.41, 5.74) is 12.4. The lowest BCUT2D eigenvalue weighted by Crippen LogP contribution is -2.35. The molecule has 17 heavy (non-hydrogen) atoms. The van der Waals surface area contributed by atoms with Crippen molar-refractivity contribution in [3.8, 4) is 11.5 Å². The van der Waals surface area contributed by atoms with E-state index in [4.69, 9.17) is 26.0 Å². The molecule has 6 heteroatoms. The number of aliphatic carboxylic acids is 1. The molecule has 1 aliphatic rings. The summed E-state index contributed by atoms with van der Waals surface area (Å²) in [6.45, 7) is 0.190. The second-order valence-electron chi connectivity index (χ2n) is 3.90. The third-order valence-electron chi connectivity index (χ3n) is 2.65. The third kappa shape index (κ3) is 2.48. The van der Waals surface area contributed by atoms with Gasteiger partial charge in [0, 0.05) is 12.1 Å². The predicted octanol–water partition coefficient (Wildman–Crippen LogP) is 0.217. The van der Waals surface area contributed by atoms with Crippen molar-refractivity contribution in [1.82, 2.24) is 0 Å². The van der Waals surface area contributed by atoms with E-state index in [-0.39, 0.29) is 13.2 Å². The van der Waals surface area contributed by atoms with Crippen molar-refractivity contribution in [2.45, 2.75) is 18.5 Å². The molecule has 1 aromatic carbocycles. The Bertz CT molecular complexity index is 435. The molecule has 0 fully saturated rings. The number of ether oxygens (including phenoxy) is 2. The smallest absolute Gasteiger partial charge is 0.304 e. The maximum Gasteiger partial charge on any atom is 0.304 e. The summed E-state index contributed by atoms with van der Waals surface area (Å²) in [6.07, 6.45) is -0.171. The van der Waals surface area contributed by atoms with Crippen LogP contribution in [-0.4, -0.2) is 23.9 Å². The van der Waals surface area contributed by atoms with Crippen LogP contribution in [0.2, 0.25) is 0 Å². The van der Waals surface area contributed by atoms with Crippen molar-refractivity contribution in [2.75, 3.05) is 6.79 Å². The minimum Gasteiger partial charge on any atom is -0.481 e. The van der Waals surface area contributed by atoms with Crippen molar-refractivity contribution in [1.29, 1.82) is 0 Å². The molecule has 0 spiro atoms. The first-order valence-electron chi connectivity index (χ1n) is 5.20. The zero-order chi connectivity index (χ0) is 12.4. The van der Waals surface area contributed by atoms with Gasteiger partial charge in [0.15, 0.2) is 11.5 Å². The van der Waals surface area contributed by atoms with E-state index in [9.17, 15) is 4.79 Å². The monoisotopic (exact) mass is 238 g/mol. The molecule has 0 bridgehead atoms. The lowest BCUT2D eigenvalue weighted by molar-refractivity contribution is -0.137. The van der Waals surface area contributed by atoms with Crippen LogP contribution in [0.15, 0.2) is 18.2 Å². The first-order chi connectivity index (χ1) is 8.08. The first kappa shape index (κ1) is 11.7. The Morgan fingerprint density at radius 2 is 2.06 bits per heavy atom. The zero-order valence-corrected chi connectivity index (χ0v) is 9.13. The SMILES string of the molecule is NC(CC(=O)O)C(N)c1ccc2c(c1)OCO2. The molecule has 0 radical (unpaired) electrons. The molecule has 0 aromatic heterocycles. The highest BCUT2D eigenvalue weighted by atomic mass is 16.7. The van der Waals surface area contributed by atoms with E-state index in [0.29, 0.717) is 11.5 Å². The van der Waals surface area contributed by atoms with Crippen molar-refractivity contribution in [3.63, 3.8) is 0 Å². The van der Waals surface area contributed by atoms with Gasteiger partial charge in [0.1, 0.15) is 0 Å². The molecule has 0 saturated heterocycles. The standard InChI is InChI=1S/C11H14N2O4/c12-7(4-10(14)15)11(13)6-1-2-8-9(3-6)17-5-16-8/h1-3,7,11H,4-5,12-13H2,(H,14,15). The van der Waals surface area contributed by atoms with Crippen LogP contribution in [0.3, 0.4) is 0 Å². The molecular weight excluding hydrogens is 224 g/mol. The van der Waals surface area contributed by atoms with Crippen molar-refractivity contribution in [2.24, 2.45) is 11.5 Å². The number of carbonyl (C=O) groups is 1. The van der Waals surface area contributed by atoms with Crippen LogP contribution in [0, 0.1) is 0 Å². The average Bonchev–Trinajstić information content (AvgIpc) is 2.73. The van der Waals surface area contributed by atoms with E-state index in [2.05, 4.69) is 0 Å². The van der Waals surface area contributed by atoms with Gasteiger partial charge in [-0.2, -0.15) is 0 Å². The highest BCUT2D eigenvalue weighted by Gasteiger charge is 2.21. The number of hydrogen-bond acceptors (Lipinski definition) is 5. The van der Waals surface area contributed by atoms with Gasteiger partial charge in [0.05, 0.1) is 6.42 Å². The summed E-state index contributed by atoms with van der Waals surface area (Å²) in [7, 11) is 0.